The van der Waals surface area contributed by atoms with Crippen LogP contribution < -0.4 is 9.62 Å². The van der Waals surface area contributed by atoms with Gasteiger partial charge >= 0.3 is 0 Å². The summed E-state index contributed by atoms with van der Waals surface area (Å²) < 4.78 is 38.4. The van der Waals surface area contributed by atoms with Crippen molar-refractivity contribution in [1.82, 2.24) is 0 Å². The van der Waals surface area contributed by atoms with Crippen molar-refractivity contribution < 1.29 is 17.6 Å². The van der Waals surface area contributed by atoms with Crippen LogP contribution in [0.25, 0.3) is 0 Å². The Kier molecular flexibility index (Phi) is 5.46. The van der Waals surface area contributed by atoms with Crippen LogP contribution >= 0.6 is 11.6 Å². The van der Waals surface area contributed by atoms with Gasteiger partial charge < -0.3 is 5.32 Å². The number of carbonyl (C=O) groups is 1. The molecule has 128 valence electrons. The fraction of sp³-hybridized carbons (Fsp3) is 0.188. The molecule has 0 aliphatic rings. The minimum absolute atomic E-state index is 0.242. The van der Waals surface area contributed by atoms with Crippen molar-refractivity contribution in [2.24, 2.45) is 0 Å². The molecule has 8 heteroatoms. The number of amides is 1. The van der Waals surface area contributed by atoms with Crippen LogP contribution in [0.15, 0.2) is 48.5 Å². The van der Waals surface area contributed by atoms with Crippen molar-refractivity contribution in [1.29, 1.82) is 0 Å². The van der Waals surface area contributed by atoms with Crippen molar-refractivity contribution in [3.05, 3.63) is 59.4 Å². The van der Waals surface area contributed by atoms with Crippen LogP contribution in [-0.2, 0) is 14.8 Å². The Morgan fingerprint density at radius 3 is 2.46 bits per heavy atom. The van der Waals surface area contributed by atoms with Crippen LogP contribution in [0.4, 0.5) is 15.8 Å². The predicted octanol–water partition coefficient (Wildman–Crippen LogP) is 3.27. The maximum Gasteiger partial charge on any atom is 0.247 e. The smallest absolute Gasteiger partial charge is 0.247 e. The van der Waals surface area contributed by atoms with Crippen LogP contribution in [0.2, 0.25) is 5.02 Å². The van der Waals surface area contributed by atoms with E-state index >= 15 is 0 Å². The zero-order chi connectivity index (χ0) is 17.9. The monoisotopic (exact) mass is 370 g/mol. The lowest BCUT2D eigenvalue weighted by Crippen LogP contribution is -2.45. The second kappa shape index (κ2) is 7.19. The molecule has 5 nitrogen and oxygen atoms in total. The number of halogens is 2. The van der Waals surface area contributed by atoms with E-state index in [9.17, 15) is 17.6 Å². The van der Waals surface area contributed by atoms with E-state index in [1.165, 1.54) is 31.2 Å². The van der Waals surface area contributed by atoms with Gasteiger partial charge in [0.1, 0.15) is 11.9 Å². The van der Waals surface area contributed by atoms with Crippen LogP contribution in [0.3, 0.4) is 0 Å². The maximum absolute atomic E-state index is 13.2. The highest BCUT2D eigenvalue weighted by molar-refractivity contribution is 7.92. The van der Waals surface area contributed by atoms with Gasteiger partial charge in [-0.2, -0.15) is 0 Å². The average molecular weight is 371 g/mol. The molecule has 2 aromatic carbocycles. The van der Waals surface area contributed by atoms with Gasteiger partial charge in [0.05, 0.1) is 11.9 Å². The Bertz CT molecular complexity index is 858. The maximum atomic E-state index is 13.2. The van der Waals surface area contributed by atoms with Crippen molar-refractivity contribution in [2.75, 3.05) is 15.9 Å². The van der Waals surface area contributed by atoms with Gasteiger partial charge in [0, 0.05) is 10.7 Å². The zero-order valence-corrected chi connectivity index (χ0v) is 14.6. The molecule has 0 unspecified atom stereocenters. The lowest BCUT2D eigenvalue weighted by Gasteiger charge is -2.28. The first-order chi connectivity index (χ1) is 11.2. The van der Waals surface area contributed by atoms with Gasteiger partial charge in [-0.1, -0.05) is 23.7 Å². The molecule has 0 radical (unpaired) electrons. The molecule has 0 heterocycles. The molecule has 0 aromatic heterocycles. The number of nitrogens with zero attached hydrogens (tertiary/aromatic N) is 1. The Hall–Kier alpha value is -2.12. The number of benzene rings is 2. The third-order valence-corrected chi connectivity index (χ3v) is 4.72. The molecule has 0 saturated carbocycles. The summed E-state index contributed by atoms with van der Waals surface area (Å²) in [5.41, 5.74) is 0.512. The van der Waals surface area contributed by atoms with E-state index in [1.54, 1.807) is 18.2 Å². The quantitative estimate of drug-likeness (QED) is 0.878. The molecule has 2 aromatic rings. The van der Waals surface area contributed by atoms with Crippen LogP contribution in [0, 0.1) is 5.82 Å². The normalized spacial score (nSPS) is 12.5. The van der Waals surface area contributed by atoms with Crippen LogP contribution in [0.5, 0.6) is 0 Å². The Morgan fingerprint density at radius 1 is 1.21 bits per heavy atom. The molecule has 24 heavy (non-hydrogen) atoms. The van der Waals surface area contributed by atoms with E-state index in [-0.39, 0.29) is 11.4 Å². The number of sulfonamides is 1. The van der Waals surface area contributed by atoms with Crippen molar-refractivity contribution in [2.45, 2.75) is 13.0 Å². The third-order valence-electron chi connectivity index (χ3n) is 3.24. The molecule has 2 rings (SSSR count). The number of rotatable bonds is 5. The fourth-order valence-electron chi connectivity index (χ4n) is 2.23. The van der Waals surface area contributed by atoms with E-state index in [1.807, 2.05) is 0 Å². The SMILES string of the molecule is C[C@H](C(=O)Nc1cccc(F)c1)N(c1cccc(Cl)c1)S(C)(=O)=O. The second-order valence-corrected chi connectivity index (χ2v) is 7.51. The summed E-state index contributed by atoms with van der Waals surface area (Å²) in [5.74, 6) is -1.10. The number of carbonyl (C=O) groups excluding carboxylic acids is 1. The highest BCUT2D eigenvalue weighted by Gasteiger charge is 2.29. The Morgan fingerprint density at radius 2 is 1.88 bits per heavy atom. The summed E-state index contributed by atoms with van der Waals surface area (Å²) in [5, 5.41) is 2.85. The summed E-state index contributed by atoms with van der Waals surface area (Å²) >= 11 is 5.91. The molecule has 1 atom stereocenters. The third kappa shape index (κ3) is 4.46. The topological polar surface area (TPSA) is 66.5 Å². The lowest BCUT2D eigenvalue weighted by molar-refractivity contribution is -0.116. The molecule has 0 bridgehead atoms. The summed E-state index contributed by atoms with van der Waals surface area (Å²) in [4.78, 5) is 12.4. The van der Waals surface area contributed by atoms with Crippen LogP contribution in [0.1, 0.15) is 6.92 Å². The van der Waals surface area contributed by atoms with Gasteiger partial charge in [-0.05, 0) is 43.3 Å². The highest BCUT2D eigenvalue weighted by Crippen LogP contribution is 2.24. The molecular formula is C16H16ClFN2O3S. The van der Waals surface area contributed by atoms with Crippen molar-refractivity contribution in [3.8, 4) is 0 Å². The van der Waals surface area contributed by atoms with E-state index in [0.29, 0.717) is 5.02 Å². The van der Waals surface area contributed by atoms with Gasteiger partial charge in [0.25, 0.3) is 0 Å². The van der Waals surface area contributed by atoms with Gasteiger partial charge in [-0.25, -0.2) is 12.8 Å². The summed E-state index contributed by atoms with van der Waals surface area (Å²) in [7, 11) is -3.74. The first-order valence-electron chi connectivity index (χ1n) is 7.00. The summed E-state index contributed by atoms with van der Waals surface area (Å²) in [6.07, 6.45) is 1.000. The standard InChI is InChI=1S/C16H16ClFN2O3S/c1-11(16(21)19-14-7-4-6-13(18)10-14)20(24(2,22)23)15-8-3-5-12(17)9-15/h3-11H,1-2H3,(H,19,21)/t11-/m1/s1. The van der Waals surface area contributed by atoms with Gasteiger partial charge in [0.15, 0.2) is 0 Å². The molecule has 0 saturated heterocycles. The van der Waals surface area contributed by atoms with E-state index in [4.69, 9.17) is 11.6 Å². The fourth-order valence-corrected chi connectivity index (χ4v) is 3.59. The average Bonchev–Trinajstić information content (AvgIpc) is 2.46. The first kappa shape index (κ1) is 18.2. The van der Waals surface area contributed by atoms with Gasteiger partial charge in [0.2, 0.25) is 15.9 Å². The van der Waals surface area contributed by atoms with E-state index < -0.39 is 27.8 Å². The van der Waals surface area contributed by atoms with Crippen molar-refractivity contribution >= 4 is 38.9 Å². The number of nitrogens with one attached hydrogen (secondary N) is 1. The highest BCUT2D eigenvalue weighted by atomic mass is 35.5. The van der Waals surface area contributed by atoms with E-state index in [2.05, 4.69) is 5.32 Å². The first-order valence-corrected chi connectivity index (χ1v) is 9.22. The summed E-state index contributed by atoms with van der Waals surface area (Å²) in [6.45, 7) is 1.44. The Labute approximate surface area is 145 Å². The molecular weight excluding hydrogens is 355 g/mol. The van der Waals surface area contributed by atoms with E-state index in [0.717, 1.165) is 16.6 Å². The lowest BCUT2D eigenvalue weighted by atomic mass is 10.2. The molecule has 0 spiro atoms. The minimum Gasteiger partial charge on any atom is -0.324 e. The van der Waals surface area contributed by atoms with Gasteiger partial charge in [-0.3, -0.25) is 9.10 Å². The zero-order valence-electron chi connectivity index (χ0n) is 13.0. The number of hydrogen-bond acceptors (Lipinski definition) is 3. The number of hydrogen-bond donors (Lipinski definition) is 1. The number of anilines is 2. The minimum atomic E-state index is -3.74. The molecule has 0 fully saturated rings. The Balaban J connectivity index is 2.31. The summed E-state index contributed by atoms with van der Waals surface area (Å²) in [6, 6.07) is 10.5. The molecule has 0 aliphatic heterocycles. The van der Waals surface area contributed by atoms with Crippen molar-refractivity contribution in [3.63, 3.8) is 0 Å². The van der Waals surface area contributed by atoms with Crippen LogP contribution in [-0.4, -0.2) is 26.6 Å². The van der Waals surface area contributed by atoms with Gasteiger partial charge in [-0.15, -0.1) is 0 Å². The molecule has 1 N–H and O–H groups in total. The second-order valence-electron chi connectivity index (χ2n) is 5.21. The molecule has 1 amide bonds. The predicted molar refractivity (Wildman–Crippen MR) is 93.3 cm³/mol. The molecule has 0 aliphatic carbocycles. The largest absolute Gasteiger partial charge is 0.324 e.